The second-order valence-corrected chi connectivity index (χ2v) is 3.21. The minimum absolute atomic E-state index is 0.308. The fraction of sp³-hybridized carbons (Fsp3) is 1.00. The van der Waals surface area contributed by atoms with Crippen molar-refractivity contribution >= 4 is 23.2 Å². The standard InChI is InChI=1S/C7H14Cl2/c1-2-3-4-7(9)5-6-8/h7H,2-6H2,1H3. The van der Waals surface area contributed by atoms with Gasteiger partial charge in [0.1, 0.15) is 0 Å². The zero-order chi connectivity index (χ0) is 7.11. The summed E-state index contributed by atoms with van der Waals surface area (Å²) in [6.07, 6.45) is 4.52. The van der Waals surface area contributed by atoms with Gasteiger partial charge in [-0.05, 0) is 12.8 Å². The van der Waals surface area contributed by atoms with Crippen molar-refractivity contribution in [1.82, 2.24) is 0 Å². The molecule has 0 fully saturated rings. The zero-order valence-corrected chi connectivity index (χ0v) is 7.38. The van der Waals surface area contributed by atoms with Crippen LogP contribution in [0.5, 0.6) is 0 Å². The van der Waals surface area contributed by atoms with E-state index in [0.717, 1.165) is 12.8 Å². The molecule has 0 rings (SSSR count). The molecule has 9 heavy (non-hydrogen) atoms. The van der Waals surface area contributed by atoms with Gasteiger partial charge >= 0.3 is 0 Å². The largest absolute Gasteiger partial charge is 0.127 e. The molecule has 0 saturated carbocycles. The predicted molar refractivity (Wildman–Crippen MR) is 44.5 cm³/mol. The van der Waals surface area contributed by atoms with Crippen LogP contribution in [0.25, 0.3) is 0 Å². The molecule has 0 saturated heterocycles. The van der Waals surface area contributed by atoms with Crippen LogP contribution < -0.4 is 0 Å². The quantitative estimate of drug-likeness (QED) is 0.553. The van der Waals surface area contributed by atoms with Crippen LogP contribution in [-0.4, -0.2) is 11.3 Å². The van der Waals surface area contributed by atoms with Crippen molar-refractivity contribution in [2.24, 2.45) is 0 Å². The monoisotopic (exact) mass is 168 g/mol. The van der Waals surface area contributed by atoms with Crippen molar-refractivity contribution in [1.29, 1.82) is 0 Å². The van der Waals surface area contributed by atoms with Crippen molar-refractivity contribution in [3.8, 4) is 0 Å². The predicted octanol–water partition coefficient (Wildman–Crippen LogP) is 3.41. The molecule has 2 heteroatoms. The van der Waals surface area contributed by atoms with Crippen molar-refractivity contribution in [2.45, 2.75) is 38.0 Å². The highest BCUT2D eigenvalue weighted by molar-refractivity contribution is 6.22. The second kappa shape index (κ2) is 6.70. The Kier molecular flexibility index (Phi) is 7.13. The average Bonchev–Trinajstić information content (AvgIpc) is 1.85. The van der Waals surface area contributed by atoms with Crippen LogP contribution in [0.4, 0.5) is 0 Å². The Morgan fingerprint density at radius 1 is 1.33 bits per heavy atom. The molecule has 0 aliphatic heterocycles. The molecule has 1 unspecified atom stereocenters. The molecule has 0 heterocycles. The lowest BCUT2D eigenvalue weighted by atomic mass is 10.2. The number of unbranched alkanes of at least 4 members (excludes halogenated alkanes) is 1. The van der Waals surface area contributed by atoms with Crippen LogP contribution in [0, 0.1) is 0 Å². The molecule has 0 radical (unpaired) electrons. The third-order valence-electron chi connectivity index (χ3n) is 1.29. The van der Waals surface area contributed by atoms with Crippen LogP contribution in [0.1, 0.15) is 32.6 Å². The first kappa shape index (κ1) is 9.58. The molecule has 0 aliphatic carbocycles. The molecule has 0 N–H and O–H groups in total. The maximum Gasteiger partial charge on any atom is 0.0347 e. The minimum Gasteiger partial charge on any atom is -0.127 e. The van der Waals surface area contributed by atoms with E-state index < -0.39 is 0 Å². The van der Waals surface area contributed by atoms with Crippen LogP contribution in [-0.2, 0) is 0 Å². The Morgan fingerprint density at radius 3 is 2.44 bits per heavy atom. The van der Waals surface area contributed by atoms with Gasteiger partial charge in [0.25, 0.3) is 0 Å². The summed E-state index contributed by atoms with van der Waals surface area (Å²) in [6, 6.07) is 0. The van der Waals surface area contributed by atoms with Gasteiger partial charge in [0.05, 0.1) is 0 Å². The van der Waals surface area contributed by atoms with Crippen molar-refractivity contribution in [2.75, 3.05) is 5.88 Å². The molecular weight excluding hydrogens is 155 g/mol. The van der Waals surface area contributed by atoms with Crippen LogP contribution in [0.15, 0.2) is 0 Å². The lowest BCUT2D eigenvalue weighted by Gasteiger charge is -2.03. The fourth-order valence-electron chi connectivity index (χ4n) is 0.688. The Balaban J connectivity index is 2.95. The van der Waals surface area contributed by atoms with Crippen LogP contribution in [0.2, 0.25) is 0 Å². The Hall–Kier alpha value is 0.580. The van der Waals surface area contributed by atoms with Crippen molar-refractivity contribution in [3.05, 3.63) is 0 Å². The van der Waals surface area contributed by atoms with Gasteiger partial charge in [0.2, 0.25) is 0 Å². The van der Waals surface area contributed by atoms with Crippen LogP contribution in [0.3, 0.4) is 0 Å². The zero-order valence-electron chi connectivity index (χ0n) is 5.87. The van der Waals surface area contributed by atoms with Gasteiger partial charge in [-0.15, -0.1) is 23.2 Å². The van der Waals surface area contributed by atoms with E-state index >= 15 is 0 Å². The van der Waals surface area contributed by atoms with E-state index in [2.05, 4.69) is 6.92 Å². The minimum atomic E-state index is 0.308. The molecular formula is C7H14Cl2. The molecule has 0 amide bonds. The van der Waals surface area contributed by atoms with Gasteiger partial charge in [-0.1, -0.05) is 19.8 Å². The molecule has 0 aliphatic rings. The summed E-state index contributed by atoms with van der Waals surface area (Å²) in [5.74, 6) is 0.692. The first-order valence-electron chi connectivity index (χ1n) is 3.51. The molecule has 0 aromatic carbocycles. The van der Waals surface area contributed by atoms with Crippen molar-refractivity contribution in [3.63, 3.8) is 0 Å². The SMILES string of the molecule is CCCCC(Cl)CCCl. The van der Waals surface area contributed by atoms with Gasteiger partial charge < -0.3 is 0 Å². The lowest BCUT2D eigenvalue weighted by molar-refractivity contribution is 0.666. The van der Waals surface area contributed by atoms with Gasteiger partial charge in [-0.3, -0.25) is 0 Å². The highest BCUT2D eigenvalue weighted by Gasteiger charge is 2.00. The van der Waals surface area contributed by atoms with Gasteiger partial charge in [-0.25, -0.2) is 0 Å². The van der Waals surface area contributed by atoms with Crippen molar-refractivity contribution < 1.29 is 0 Å². The summed E-state index contributed by atoms with van der Waals surface area (Å²) in [7, 11) is 0. The maximum atomic E-state index is 5.88. The van der Waals surface area contributed by atoms with E-state index in [9.17, 15) is 0 Å². The summed E-state index contributed by atoms with van der Waals surface area (Å²) in [6.45, 7) is 2.17. The number of hydrogen-bond donors (Lipinski definition) is 0. The maximum absolute atomic E-state index is 5.88. The number of halogens is 2. The third-order valence-corrected chi connectivity index (χ3v) is 1.95. The van der Waals surface area contributed by atoms with Crippen LogP contribution >= 0.6 is 23.2 Å². The highest BCUT2D eigenvalue weighted by atomic mass is 35.5. The first-order valence-corrected chi connectivity index (χ1v) is 4.48. The molecule has 0 aromatic rings. The van der Waals surface area contributed by atoms with E-state index in [0.29, 0.717) is 11.3 Å². The van der Waals surface area contributed by atoms with E-state index in [-0.39, 0.29) is 0 Å². The Labute approximate surface area is 67.5 Å². The average molecular weight is 169 g/mol. The molecule has 1 atom stereocenters. The summed E-state index contributed by atoms with van der Waals surface area (Å²) in [4.78, 5) is 0. The number of hydrogen-bond acceptors (Lipinski definition) is 0. The molecule has 0 spiro atoms. The fourth-order valence-corrected chi connectivity index (χ4v) is 1.33. The number of alkyl halides is 2. The second-order valence-electron chi connectivity index (χ2n) is 2.22. The summed E-state index contributed by atoms with van der Waals surface area (Å²) in [5, 5.41) is 0.308. The smallest absolute Gasteiger partial charge is 0.0347 e. The summed E-state index contributed by atoms with van der Waals surface area (Å²) < 4.78 is 0. The Morgan fingerprint density at radius 2 is 2.00 bits per heavy atom. The summed E-state index contributed by atoms with van der Waals surface area (Å²) >= 11 is 11.4. The van der Waals surface area contributed by atoms with E-state index in [1.165, 1.54) is 12.8 Å². The highest BCUT2D eigenvalue weighted by Crippen LogP contribution is 2.11. The van der Waals surface area contributed by atoms with E-state index in [4.69, 9.17) is 23.2 Å². The number of rotatable bonds is 5. The van der Waals surface area contributed by atoms with Gasteiger partial charge in [-0.2, -0.15) is 0 Å². The van der Waals surface area contributed by atoms with E-state index in [1.54, 1.807) is 0 Å². The first-order chi connectivity index (χ1) is 4.31. The van der Waals surface area contributed by atoms with Gasteiger partial charge in [0.15, 0.2) is 0 Å². The molecule has 0 nitrogen and oxygen atoms in total. The third kappa shape index (κ3) is 6.47. The van der Waals surface area contributed by atoms with Gasteiger partial charge in [0, 0.05) is 11.3 Å². The summed E-state index contributed by atoms with van der Waals surface area (Å²) in [5.41, 5.74) is 0. The lowest BCUT2D eigenvalue weighted by Crippen LogP contribution is -1.98. The molecule has 0 aromatic heterocycles. The normalized spacial score (nSPS) is 13.7. The van der Waals surface area contributed by atoms with E-state index in [1.807, 2.05) is 0 Å². The Bertz CT molecular complexity index is 54.9. The topological polar surface area (TPSA) is 0 Å². The molecule has 56 valence electrons. The molecule has 0 bridgehead atoms.